The lowest BCUT2D eigenvalue weighted by molar-refractivity contribution is -0.130. The zero-order valence-corrected chi connectivity index (χ0v) is 10.1. The van der Waals surface area contributed by atoms with Gasteiger partial charge in [-0.15, -0.1) is 0 Å². The number of hydrogen-bond donors (Lipinski definition) is 0. The molecule has 1 aliphatic rings. The molecule has 0 amide bonds. The summed E-state index contributed by atoms with van der Waals surface area (Å²) >= 11 is 0. The van der Waals surface area contributed by atoms with Gasteiger partial charge in [-0.25, -0.2) is 9.79 Å². The molecule has 0 bridgehead atoms. The average Bonchev–Trinajstić information content (AvgIpc) is 2.71. The highest BCUT2D eigenvalue weighted by Crippen LogP contribution is 2.19. The molecule has 1 aromatic rings. The summed E-state index contributed by atoms with van der Waals surface area (Å²) < 4.78 is 5.16. The molecule has 0 fully saturated rings. The molecular weight excluding hydrogens is 216 g/mol. The number of benzene rings is 1. The molecule has 17 heavy (non-hydrogen) atoms. The van der Waals surface area contributed by atoms with E-state index in [1.165, 1.54) is 0 Å². The van der Waals surface area contributed by atoms with Crippen LogP contribution in [0.5, 0.6) is 0 Å². The summed E-state index contributed by atoms with van der Waals surface area (Å²) in [5.41, 5.74) is 1.97. The van der Waals surface area contributed by atoms with Crippen LogP contribution in [0, 0.1) is 0 Å². The van der Waals surface area contributed by atoms with E-state index in [1.54, 1.807) is 0 Å². The molecule has 4 nitrogen and oxygen atoms in total. The molecule has 0 radical (unpaired) electrons. The highest BCUT2D eigenvalue weighted by atomic mass is 16.6. The SMILES string of the molecule is C/C(=C1/N=C(c2ccccc2)OC1=O)N(C)C. The third kappa shape index (κ3) is 2.20. The molecular formula is C13H14N2O2. The van der Waals surface area contributed by atoms with Crippen molar-refractivity contribution in [3.05, 3.63) is 47.3 Å². The Bertz CT molecular complexity index is 501. The number of ether oxygens (including phenoxy) is 1. The van der Waals surface area contributed by atoms with Gasteiger partial charge in [0, 0.05) is 25.4 Å². The average molecular weight is 230 g/mol. The molecule has 0 saturated heterocycles. The van der Waals surface area contributed by atoms with Gasteiger partial charge in [0.1, 0.15) is 0 Å². The fourth-order valence-corrected chi connectivity index (χ4v) is 1.45. The van der Waals surface area contributed by atoms with E-state index >= 15 is 0 Å². The van der Waals surface area contributed by atoms with Gasteiger partial charge in [0.2, 0.25) is 5.90 Å². The standard InChI is InChI=1S/C13H14N2O2/c1-9(15(2)3)11-13(16)17-12(14-11)10-7-5-4-6-8-10/h4-8H,1-3H3/b11-9-. The summed E-state index contributed by atoms with van der Waals surface area (Å²) in [6, 6.07) is 9.39. The summed E-state index contributed by atoms with van der Waals surface area (Å²) in [6.45, 7) is 1.84. The van der Waals surface area contributed by atoms with Crippen LogP contribution < -0.4 is 0 Å². The highest BCUT2D eigenvalue weighted by Gasteiger charge is 2.26. The Morgan fingerprint density at radius 1 is 1.24 bits per heavy atom. The summed E-state index contributed by atoms with van der Waals surface area (Å²) in [5.74, 6) is -0.0261. The van der Waals surface area contributed by atoms with Crippen molar-refractivity contribution in [1.82, 2.24) is 4.90 Å². The molecule has 1 aromatic carbocycles. The number of esters is 1. The largest absolute Gasteiger partial charge is 0.402 e. The van der Waals surface area contributed by atoms with Gasteiger partial charge in [-0.1, -0.05) is 18.2 Å². The van der Waals surface area contributed by atoms with Gasteiger partial charge in [-0.2, -0.15) is 0 Å². The van der Waals surface area contributed by atoms with Gasteiger partial charge in [0.05, 0.1) is 0 Å². The van der Waals surface area contributed by atoms with Gasteiger partial charge < -0.3 is 9.64 Å². The predicted molar refractivity (Wildman–Crippen MR) is 65.5 cm³/mol. The van der Waals surface area contributed by atoms with Crippen LogP contribution in [-0.2, 0) is 9.53 Å². The van der Waals surface area contributed by atoms with Crippen molar-refractivity contribution in [2.24, 2.45) is 4.99 Å². The van der Waals surface area contributed by atoms with Crippen LogP contribution in [0.15, 0.2) is 46.7 Å². The van der Waals surface area contributed by atoms with Gasteiger partial charge >= 0.3 is 5.97 Å². The van der Waals surface area contributed by atoms with Crippen molar-refractivity contribution >= 4 is 11.9 Å². The minimum atomic E-state index is -0.393. The van der Waals surface area contributed by atoms with Gasteiger partial charge in [-0.3, -0.25) is 0 Å². The summed E-state index contributed by atoms with van der Waals surface area (Å²) in [7, 11) is 3.73. The van der Waals surface area contributed by atoms with Crippen LogP contribution >= 0.6 is 0 Å². The van der Waals surface area contributed by atoms with Crippen molar-refractivity contribution in [1.29, 1.82) is 0 Å². The summed E-state index contributed by atoms with van der Waals surface area (Å²) in [5, 5.41) is 0. The second-order valence-electron chi connectivity index (χ2n) is 4.00. The Morgan fingerprint density at radius 3 is 2.47 bits per heavy atom. The van der Waals surface area contributed by atoms with Crippen molar-refractivity contribution in [3.8, 4) is 0 Å². The maximum Gasteiger partial charge on any atom is 0.365 e. The van der Waals surface area contributed by atoms with Crippen molar-refractivity contribution in [2.75, 3.05) is 14.1 Å². The number of aliphatic imine (C=N–C) groups is 1. The van der Waals surface area contributed by atoms with Crippen molar-refractivity contribution < 1.29 is 9.53 Å². The fourth-order valence-electron chi connectivity index (χ4n) is 1.45. The molecule has 0 unspecified atom stereocenters. The molecule has 0 spiro atoms. The molecule has 0 aliphatic carbocycles. The number of allylic oxidation sites excluding steroid dienone is 1. The third-order valence-corrected chi connectivity index (χ3v) is 2.63. The van der Waals surface area contributed by atoms with Crippen LogP contribution in [-0.4, -0.2) is 30.9 Å². The Balaban J connectivity index is 2.39. The minimum absolute atomic E-state index is 0.367. The van der Waals surface area contributed by atoms with E-state index < -0.39 is 5.97 Å². The molecule has 0 atom stereocenters. The molecule has 1 heterocycles. The number of carbonyl (C=O) groups excluding carboxylic acids is 1. The Kier molecular flexibility index (Phi) is 2.95. The highest BCUT2D eigenvalue weighted by molar-refractivity contribution is 6.11. The number of cyclic esters (lactones) is 1. The van der Waals surface area contributed by atoms with E-state index in [0.29, 0.717) is 11.6 Å². The third-order valence-electron chi connectivity index (χ3n) is 2.63. The van der Waals surface area contributed by atoms with Gasteiger partial charge in [0.25, 0.3) is 0 Å². The fraction of sp³-hybridized carbons (Fsp3) is 0.231. The van der Waals surface area contributed by atoms with E-state index in [2.05, 4.69) is 4.99 Å². The van der Waals surface area contributed by atoms with Gasteiger partial charge in [-0.05, 0) is 19.1 Å². The summed E-state index contributed by atoms with van der Waals surface area (Å²) in [6.07, 6.45) is 0. The molecule has 2 rings (SSSR count). The lowest BCUT2D eigenvalue weighted by atomic mass is 10.2. The van der Waals surface area contributed by atoms with Crippen molar-refractivity contribution in [3.63, 3.8) is 0 Å². The van der Waals surface area contributed by atoms with Crippen LogP contribution in [0.3, 0.4) is 0 Å². The topological polar surface area (TPSA) is 41.9 Å². The van der Waals surface area contributed by atoms with Crippen LogP contribution in [0.1, 0.15) is 12.5 Å². The maximum absolute atomic E-state index is 11.7. The van der Waals surface area contributed by atoms with E-state index in [0.717, 1.165) is 11.3 Å². The van der Waals surface area contributed by atoms with E-state index in [-0.39, 0.29) is 0 Å². The molecule has 88 valence electrons. The monoisotopic (exact) mass is 230 g/mol. The first-order chi connectivity index (χ1) is 8.09. The molecule has 0 aromatic heterocycles. The normalized spacial score (nSPS) is 17.6. The summed E-state index contributed by atoms with van der Waals surface area (Å²) in [4.78, 5) is 17.8. The molecule has 1 aliphatic heterocycles. The molecule has 4 heteroatoms. The first kappa shape index (κ1) is 11.4. The number of nitrogens with zero attached hydrogens (tertiary/aromatic N) is 2. The number of carbonyl (C=O) groups is 1. The van der Waals surface area contributed by atoms with Crippen molar-refractivity contribution in [2.45, 2.75) is 6.92 Å². The zero-order valence-electron chi connectivity index (χ0n) is 10.1. The zero-order chi connectivity index (χ0) is 12.4. The predicted octanol–water partition coefficient (Wildman–Crippen LogP) is 1.78. The van der Waals surface area contributed by atoms with Crippen LogP contribution in [0.2, 0.25) is 0 Å². The lowest BCUT2D eigenvalue weighted by Crippen LogP contribution is -2.13. The van der Waals surface area contributed by atoms with Crippen LogP contribution in [0.25, 0.3) is 0 Å². The smallest absolute Gasteiger partial charge is 0.365 e. The van der Waals surface area contributed by atoms with Gasteiger partial charge in [0.15, 0.2) is 5.70 Å². The Hall–Kier alpha value is -2.10. The van der Waals surface area contributed by atoms with E-state index in [4.69, 9.17) is 4.74 Å². The molecule has 0 N–H and O–H groups in total. The number of hydrogen-bond acceptors (Lipinski definition) is 4. The lowest BCUT2D eigenvalue weighted by Gasteiger charge is -2.12. The van der Waals surface area contributed by atoms with Crippen LogP contribution in [0.4, 0.5) is 0 Å². The Labute approximate surface area is 100 Å². The second-order valence-corrected chi connectivity index (χ2v) is 4.00. The van der Waals surface area contributed by atoms with E-state index in [1.807, 2.05) is 56.3 Å². The minimum Gasteiger partial charge on any atom is -0.402 e. The Morgan fingerprint density at radius 2 is 1.88 bits per heavy atom. The number of rotatable bonds is 2. The molecule has 0 saturated carbocycles. The second kappa shape index (κ2) is 4.41. The maximum atomic E-state index is 11.7. The van der Waals surface area contributed by atoms with E-state index in [9.17, 15) is 4.79 Å². The quantitative estimate of drug-likeness (QED) is 0.574. The first-order valence-electron chi connectivity index (χ1n) is 5.34. The first-order valence-corrected chi connectivity index (χ1v) is 5.34.